The first-order valence-electron chi connectivity index (χ1n) is 7.68. The molecule has 3 heterocycles. The van der Waals surface area contributed by atoms with Crippen LogP contribution in [0.4, 0.5) is 4.39 Å². The van der Waals surface area contributed by atoms with Gasteiger partial charge in [-0.15, -0.1) is 0 Å². The van der Waals surface area contributed by atoms with Gasteiger partial charge < -0.3 is 4.90 Å². The zero-order chi connectivity index (χ0) is 16.5. The predicted octanol–water partition coefficient (Wildman–Crippen LogP) is 2.63. The smallest absolute Gasteiger partial charge is 0.244 e. The zero-order valence-electron chi connectivity index (χ0n) is 12.9. The number of rotatable bonds is 3. The number of aromatic nitrogens is 3. The van der Waals surface area contributed by atoms with Crippen molar-refractivity contribution in [2.45, 2.75) is 19.6 Å². The predicted molar refractivity (Wildman–Crippen MR) is 86.1 cm³/mol. The molecule has 0 radical (unpaired) electrons. The average Bonchev–Trinajstić information content (AvgIpc) is 3.22. The van der Waals surface area contributed by atoms with Gasteiger partial charge in [0, 0.05) is 24.5 Å². The summed E-state index contributed by atoms with van der Waals surface area (Å²) in [4.78, 5) is 18.5. The first-order valence-corrected chi connectivity index (χ1v) is 7.68. The van der Waals surface area contributed by atoms with E-state index in [1.54, 1.807) is 40.3 Å². The number of hydrogen-bond donors (Lipinski definition) is 0. The molecule has 0 spiro atoms. The van der Waals surface area contributed by atoms with Gasteiger partial charge in [-0.25, -0.2) is 4.39 Å². The number of amides is 1. The van der Waals surface area contributed by atoms with Crippen molar-refractivity contribution in [2.24, 2.45) is 0 Å². The fraction of sp³-hybridized carbons (Fsp3) is 0.167. The zero-order valence-corrected chi connectivity index (χ0v) is 12.9. The first kappa shape index (κ1) is 14.6. The van der Waals surface area contributed by atoms with Crippen LogP contribution >= 0.6 is 0 Å². The Balaban J connectivity index is 1.45. The number of nitrogens with zero attached hydrogens (tertiary/aromatic N) is 4. The van der Waals surface area contributed by atoms with Crippen molar-refractivity contribution in [3.8, 4) is 11.1 Å². The third-order valence-corrected chi connectivity index (χ3v) is 4.15. The van der Waals surface area contributed by atoms with Crippen LogP contribution in [0.2, 0.25) is 0 Å². The molecule has 0 bridgehead atoms. The van der Waals surface area contributed by atoms with E-state index in [1.165, 1.54) is 12.1 Å². The number of halogens is 1. The Bertz CT molecular complexity index is 863. The van der Waals surface area contributed by atoms with Gasteiger partial charge in [-0.2, -0.15) is 5.10 Å². The minimum absolute atomic E-state index is 0.00163. The molecule has 1 aromatic carbocycles. The maximum absolute atomic E-state index is 13.0. The quantitative estimate of drug-likeness (QED) is 0.745. The summed E-state index contributed by atoms with van der Waals surface area (Å²) in [6.45, 7) is 1.31. The average molecular weight is 322 g/mol. The van der Waals surface area contributed by atoms with E-state index < -0.39 is 0 Å². The normalized spacial score (nSPS) is 13.1. The van der Waals surface area contributed by atoms with Crippen LogP contribution in [0.5, 0.6) is 0 Å². The summed E-state index contributed by atoms with van der Waals surface area (Å²) in [6.07, 6.45) is 5.22. The Morgan fingerprint density at radius 2 is 1.96 bits per heavy atom. The van der Waals surface area contributed by atoms with Crippen molar-refractivity contribution in [1.82, 2.24) is 19.7 Å². The molecule has 0 aliphatic carbocycles. The van der Waals surface area contributed by atoms with E-state index in [9.17, 15) is 9.18 Å². The second-order valence-electron chi connectivity index (χ2n) is 5.79. The van der Waals surface area contributed by atoms with Crippen molar-refractivity contribution in [3.05, 3.63) is 72.1 Å². The highest BCUT2D eigenvalue weighted by molar-refractivity contribution is 5.76. The number of benzene rings is 1. The molecule has 0 saturated carbocycles. The van der Waals surface area contributed by atoms with E-state index >= 15 is 0 Å². The van der Waals surface area contributed by atoms with Crippen molar-refractivity contribution in [1.29, 1.82) is 0 Å². The molecule has 0 N–H and O–H groups in total. The molecule has 120 valence electrons. The molecule has 6 heteroatoms. The molecule has 0 unspecified atom stereocenters. The van der Waals surface area contributed by atoms with Gasteiger partial charge in [-0.3, -0.25) is 14.5 Å². The van der Waals surface area contributed by atoms with Crippen LogP contribution < -0.4 is 0 Å². The SMILES string of the molecule is O=C(Cn1cc(-c2ccc(F)cc2)cn1)N1Cc2cccnc2C1. The van der Waals surface area contributed by atoms with Crippen LogP contribution in [0, 0.1) is 5.82 Å². The van der Waals surface area contributed by atoms with E-state index in [0.717, 1.165) is 22.4 Å². The highest BCUT2D eigenvalue weighted by Gasteiger charge is 2.24. The molecule has 0 atom stereocenters. The minimum atomic E-state index is -0.275. The molecule has 0 saturated heterocycles. The molecule has 1 aliphatic rings. The van der Waals surface area contributed by atoms with E-state index in [-0.39, 0.29) is 18.3 Å². The summed E-state index contributed by atoms with van der Waals surface area (Å²) in [5, 5.41) is 4.24. The summed E-state index contributed by atoms with van der Waals surface area (Å²) in [7, 11) is 0. The van der Waals surface area contributed by atoms with Crippen LogP contribution in [0.1, 0.15) is 11.3 Å². The topological polar surface area (TPSA) is 51.0 Å². The van der Waals surface area contributed by atoms with E-state index in [4.69, 9.17) is 0 Å². The van der Waals surface area contributed by atoms with Crippen LogP contribution in [0.25, 0.3) is 11.1 Å². The van der Waals surface area contributed by atoms with Gasteiger partial charge in [-0.05, 0) is 29.3 Å². The van der Waals surface area contributed by atoms with Crippen molar-refractivity contribution in [2.75, 3.05) is 0 Å². The lowest BCUT2D eigenvalue weighted by atomic mass is 10.1. The highest BCUT2D eigenvalue weighted by atomic mass is 19.1. The van der Waals surface area contributed by atoms with Gasteiger partial charge in [0.25, 0.3) is 0 Å². The molecule has 2 aromatic heterocycles. The molecule has 4 rings (SSSR count). The number of fused-ring (bicyclic) bond motifs is 1. The van der Waals surface area contributed by atoms with Gasteiger partial charge in [0.15, 0.2) is 0 Å². The van der Waals surface area contributed by atoms with Crippen LogP contribution in [0.15, 0.2) is 55.0 Å². The molecule has 1 aliphatic heterocycles. The third-order valence-electron chi connectivity index (χ3n) is 4.15. The van der Waals surface area contributed by atoms with Gasteiger partial charge in [0.1, 0.15) is 12.4 Å². The summed E-state index contributed by atoms with van der Waals surface area (Å²) in [6, 6.07) is 10.1. The standard InChI is InChI=1S/C18H15FN4O/c19-16-5-3-13(4-6-16)15-8-21-23(10-15)12-18(24)22-9-14-2-1-7-20-17(14)11-22/h1-8,10H,9,11-12H2. The Labute approximate surface area is 138 Å². The van der Waals surface area contributed by atoms with Gasteiger partial charge in [0.05, 0.1) is 18.4 Å². The first-order chi connectivity index (χ1) is 11.7. The maximum atomic E-state index is 13.0. The van der Waals surface area contributed by atoms with E-state index in [0.29, 0.717) is 13.1 Å². The Morgan fingerprint density at radius 1 is 1.12 bits per heavy atom. The molecule has 3 aromatic rings. The van der Waals surface area contributed by atoms with Crippen molar-refractivity contribution in [3.63, 3.8) is 0 Å². The molecule has 1 amide bonds. The molecule has 5 nitrogen and oxygen atoms in total. The lowest BCUT2D eigenvalue weighted by molar-refractivity contribution is -0.132. The lowest BCUT2D eigenvalue weighted by Gasteiger charge is -2.14. The van der Waals surface area contributed by atoms with E-state index in [1.807, 2.05) is 12.1 Å². The Morgan fingerprint density at radius 3 is 2.75 bits per heavy atom. The molecule has 24 heavy (non-hydrogen) atoms. The van der Waals surface area contributed by atoms with Crippen molar-refractivity contribution >= 4 is 5.91 Å². The second kappa shape index (κ2) is 5.88. The summed E-state index contributed by atoms with van der Waals surface area (Å²) in [5.41, 5.74) is 3.78. The summed E-state index contributed by atoms with van der Waals surface area (Å²) in [5.74, 6) is -0.273. The van der Waals surface area contributed by atoms with Gasteiger partial charge in [0.2, 0.25) is 5.91 Å². The molecular weight excluding hydrogens is 307 g/mol. The fourth-order valence-corrected chi connectivity index (χ4v) is 2.86. The van der Waals surface area contributed by atoms with Crippen LogP contribution in [0.3, 0.4) is 0 Å². The molecule has 0 fully saturated rings. The number of carbonyl (C=O) groups is 1. The lowest BCUT2D eigenvalue weighted by Crippen LogP contribution is -2.29. The minimum Gasteiger partial charge on any atom is -0.331 e. The largest absolute Gasteiger partial charge is 0.331 e. The fourth-order valence-electron chi connectivity index (χ4n) is 2.86. The number of pyridine rings is 1. The monoisotopic (exact) mass is 322 g/mol. The Kier molecular flexibility index (Phi) is 3.57. The van der Waals surface area contributed by atoms with E-state index in [2.05, 4.69) is 10.1 Å². The van der Waals surface area contributed by atoms with Crippen molar-refractivity contribution < 1.29 is 9.18 Å². The summed E-state index contributed by atoms with van der Waals surface area (Å²) >= 11 is 0. The second-order valence-corrected chi connectivity index (χ2v) is 5.79. The Hall–Kier alpha value is -3.02. The van der Waals surface area contributed by atoms with Gasteiger partial charge >= 0.3 is 0 Å². The molecular formula is C18H15FN4O. The summed E-state index contributed by atoms with van der Waals surface area (Å²) < 4.78 is 14.6. The number of carbonyl (C=O) groups excluding carboxylic acids is 1. The highest BCUT2D eigenvalue weighted by Crippen LogP contribution is 2.21. The third kappa shape index (κ3) is 2.78. The van der Waals surface area contributed by atoms with Gasteiger partial charge in [-0.1, -0.05) is 18.2 Å². The number of hydrogen-bond acceptors (Lipinski definition) is 3. The van der Waals surface area contributed by atoms with Crippen LogP contribution in [-0.4, -0.2) is 25.6 Å². The van der Waals surface area contributed by atoms with Crippen LogP contribution in [-0.2, 0) is 24.4 Å². The maximum Gasteiger partial charge on any atom is 0.244 e.